The predicted molar refractivity (Wildman–Crippen MR) is 153 cm³/mol. The first-order valence-electron chi connectivity index (χ1n) is 12.6. The van der Waals surface area contributed by atoms with E-state index < -0.39 is 0 Å². The summed E-state index contributed by atoms with van der Waals surface area (Å²) < 4.78 is 15.7. The van der Waals surface area contributed by atoms with Crippen molar-refractivity contribution in [2.45, 2.75) is 38.5 Å². The van der Waals surface area contributed by atoms with Crippen molar-refractivity contribution >= 4 is 40.7 Å². The van der Waals surface area contributed by atoms with Crippen molar-refractivity contribution in [3.8, 4) is 16.3 Å². The number of carbonyl (C=O) groups excluding carboxylic acids is 2. The maximum atomic E-state index is 13.9. The molecule has 0 saturated heterocycles. The lowest BCUT2D eigenvalue weighted by atomic mass is 10.0. The maximum absolute atomic E-state index is 13.9. The molecule has 2 aromatic carbocycles. The van der Waals surface area contributed by atoms with Gasteiger partial charge in [-0.15, -0.1) is 23.1 Å². The number of hydrogen-bond donors (Lipinski definition) is 1. The lowest BCUT2D eigenvalue weighted by Crippen LogP contribution is -2.44. The molecule has 0 spiro atoms. The highest BCUT2D eigenvalue weighted by atomic mass is 32.2. The second-order valence-corrected chi connectivity index (χ2v) is 11.4. The van der Waals surface area contributed by atoms with E-state index in [0.29, 0.717) is 5.82 Å². The number of para-hydroxylation sites is 1. The average Bonchev–Trinajstić information content (AvgIpc) is 3.54. The topological polar surface area (TPSA) is 67.2 Å². The number of aromatic nitrogens is 2. The SMILES string of the molecule is CC[C@H](C)NC(=O)CN1C(=O)CS[C@@H](c2ccc(F)cc2)c2c(-c3cccs3)nn(-c3ccccc3C)c21. The fourth-order valence-electron chi connectivity index (χ4n) is 4.55. The Morgan fingerprint density at radius 2 is 1.92 bits per heavy atom. The zero-order chi connectivity index (χ0) is 26.8. The number of thiophene rings is 1. The molecule has 0 saturated carbocycles. The van der Waals surface area contributed by atoms with Crippen molar-refractivity contribution in [3.63, 3.8) is 0 Å². The summed E-state index contributed by atoms with van der Waals surface area (Å²) in [6, 6.07) is 18.2. The van der Waals surface area contributed by atoms with Crippen molar-refractivity contribution in [1.29, 1.82) is 0 Å². The minimum Gasteiger partial charge on any atom is -0.352 e. The van der Waals surface area contributed by atoms with Crippen LogP contribution in [-0.4, -0.2) is 39.9 Å². The largest absolute Gasteiger partial charge is 0.352 e. The monoisotopic (exact) mass is 548 g/mol. The van der Waals surface area contributed by atoms with Crippen LogP contribution in [0.3, 0.4) is 0 Å². The summed E-state index contributed by atoms with van der Waals surface area (Å²) in [6.07, 6.45) is 0.789. The van der Waals surface area contributed by atoms with Gasteiger partial charge in [-0.1, -0.05) is 43.3 Å². The van der Waals surface area contributed by atoms with Crippen LogP contribution in [-0.2, 0) is 9.59 Å². The first-order valence-corrected chi connectivity index (χ1v) is 14.5. The second kappa shape index (κ2) is 11.1. The van der Waals surface area contributed by atoms with Crippen LogP contribution in [0.2, 0.25) is 0 Å². The van der Waals surface area contributed by atoms with Crippen molar-refractivity contribution < 1.29 is 14.0 Å². The van der Waals surface area contributed by atoms with Crippen molar-refractivity contribution in [2.24, 2.45) is 0 Å². The molecular weight excluding hydrogens is 519 g/mol. The Morgan fingerprint density at radius 3 is 2.61 bits per heavy atom. The highest BCUT2D eigenvalue weighted by Crippen LogP contribution is 2.49. The number of benzene rings is 2. The summed E-state index contributed by atoms with van der Waals surface area (Å²) in [5.41, 5.74) is 4.29. The van der Waals surface area contributed by atoms with Gasteiger partial charge in [-0.25, -0.2) is 9.07 Å². The third-order valence-corrected chi connectivity index (χ3v) is 8.81. The normalized spacial score (nSPS) is 16.2. The third kappa shape index (κ3) is 5.13. The standard InChI is InChI=1S/C29H29FN4O2S2/c1-4-19(3)31-24(35)16-33-25(36)17-38-28(20-11-13-21(30)14-12-20)26-27(23-10-7-15-37-23)32-34(29(26)33)22-9-6-5-8-18(22)2/h5-15,19,28H,4,16-17H2,1-3H3,(H,31,35)/t19-,28-/m0/s1. The molecule has 196 valence electrons. The number of nitrogens with zero attached hydrogens (tertiary/aromatic N) is 3. The molecule has 1 N–H and O–H groups in total. The summed E-state index contributed by atoms with van der Waals surface area (Å²) >= 11 is 3.04. The van der Waals surface area contributed by atoms with Gasteiger partial charge in [-0.05, 0) is 61.0 Å². The van der Waals surface area contributed by atoms with Crippen molar-refractivity contribution in [1.82, 2.24) is 15.1 Å². The number of halogens is 1. The summed E-state index contributed by atoms with van der Waals surface area (Å²) in [7, 11) is 0. The summed E-state index contributed by atoms with van der Waals surface area (Å²) in [5.74, 6) is 0.0319. The third-order valence-electron chi connectivity index (χ3n) is 6.68. The highest BCUT2D eigenvalue weighted by molar-refractivity contribution is 8.00. The number of rotatable bonds is 7. The molecule has 0 unspecified atom stereocenters. The zero-order valence-corrected chi connectivity index (χ0v) is 23.1. The summed E-state index contributed by atoms with van der Waals surface area (Å²) in [5, 5.41) is 9.79. The molecule has 1 aliphatic rings. The van der Waals surface area contributed by atoms with Crippen LogP contribution in [0, 0.1) is 12.7 Å². The molecule has 4 aromatic rings. The summed E-state index contributed by atoms with van der Waals surface area (Å²) in [4.78, 5) is 29.3. The Bertz CT molecular complexity index is 1450. The van der Waals surface area contributed by atoms with Crippen LogP contribution >= 0.6 is 23.1 Å². The Labute approximate surface area is 229 Å². The Hall–Kier alpha value is -3.43. The predicted octanol–water partition coefficient (Wildman–Crippen LogP) is 6.13. The van der Waals surface area contributed by atoms with E-state index in [2.05, 4.69) is 5.32 Å². The smallest absolute Gasteiger partial charge is 0.240 e. The van der Waals surface area contributed by atoms with Gasteiger partial charge in [-0.2, -0.15) is 5.10 Å². The molecule has 6 nitrogen and oxygen atoms in total. The molecular formula is C29H29FN4O2S2. The molecule has 9 heteroatoms. The second-order valence-electron chi connectivity index (χ2n) is 9.36. The van der Waals surface area contributed by atoms with E-state index in [1.54, 1.807) is 33.1 Å². The fourth-order valence-corrected chi connectivity index (χ4v) is 6.47. The number of amides is 2. The van der Waals surface area contributed by atoms with Crippen molar-refractivity contribution in [3.05, 3.63) is 88.6 Å². The quantitative estimate of drug-likeness (QED) is 0.302. The van der Waals surface area contributed by atoms with E-state index in [4.69, 9.17) is 5.10 Å². The maximum Gasteiger partial charge on any atom is 0.240 e. The van der Waals surface area contributed by atoms with Crippen LogP contribution < -0.4 is 10.2 Å². The van der Waals surface area contributed by atoms with Crippen LogP contribution in [0.25, 0.3) is 16.3 Å². The van der Waals surface area contributed by atoms with Gasteiger partial charge in [0.25, 0.3) is 0 Å². The van der Waals surface area contributed by atoms with Gasteiger partial charge >= 0.3 is 0 Å². The Kier molecular flexibility index (Phi) is 7.67. The lowest BCUT2D eigenvalue weighted by molar-refractivity contribution is -0.123. The molecule has 2 amide bonds. The molecule has 2 aromatic heterocycles. The number of carbonyl (C=O) groups is 2. The zero-order valence-electron chi connectivity index (χ0n) is 21.5. The van der Waals surface area contributed by atoms with Gasteiger partial charge in [0.15, 0.2) is 0 Å². The van der Waals surface area contributed by atoms with E-state index >= 15 is 0 Å². The Balaban J connectivity index is 1.77. The van der Waals surface area contributed by atoms with Crippen molar-refractivity contribution in [2.75, 3.05) is 17.2 Å². The molecule has 38 heavy (non-hydrogen) atoms. The van der Waals surface area contributed by atoms with Crippen LogP contribution in [0.15, 0.2) is 66.0 Å². The fraction of sp³-hybridized carbons (Fsp3) is 0.276. The highest BCUT2D eigenvalue weighted by Gasteiger charge is 2.38. The van der Waals surface area contributed by atoms with Gasteiger partial charge in [0.05, 0.1) is 21.6 Å². The number of hydrogen-bond acceptors (Lipinski definition) is 5. The van der Waals surface area contributed by atoms with Gasteiger partial charge in [-0.3, -0.25) is 14.5 Å². The molecule has 1 aliphatic heterocycles. The molecule has 0 bridgehead atoms. The van der Waals surface area contributed by atoms with E-state index in [-0.39, 0.29) is 41.2 Å². The number of nitrogens with one attached hydrogen (secondary N) is 1. The number of aryl methyl sites for hydroxylation is 1. The van der Waals surface area contributed by atoms with E-state index in [0.717, 1.165) is 39.4 Å². The summed E-state index contributed by atoms with van der Waals surface area (Å²) in [6.45, 7) is 5.83. The van der Waals surface area contributed by atoms with Gasteiger partial charge in [0.1, 0.15) is 23.9 Å². The number of thioether (sulfide) groups is 1. The first kappa shape index (κ1) is 26.2. The molecule has 3 heterocycles. The Morgan fingerprint density at radius 1 is 1.16 bits per heavy atom. The minimum absolute atomic E-state index is 0.00616. The number of anilines is 1. The molecule has 5 rings (SSSR count). The van der Waals surface area contributed by atoms with Gasteiger partial charge in [0.2, 0.25) is 11.8 Å². The number of fused-ring (bicyclic) bond motifs is 1. The van der Waals surface area contributed by atoms with Crippen LogP contribution in [0.4, 0.5) is 10.2 Å². The lowest BCUT2D eigenvalue weighted by Gasteiger charge is -2.24. The average molecular weight is 549 g/mol. The molecule has 2 atom stereocenters. The van der Waals surface area contributed by atoms with Crippen LogP contribution in [0.5, 0.6) is 0 Å². The van der Waals surface area contributed by atoms with Gasteiger partial charge < -0.3 is 5.32 Å². The molecule has 0 radical (unpaired) electrons. The van der Waals surface area contributed by atoms with E-state index in [1.807, 2.05) is 62.5 Å². The van der Waals surface area contributed by atoms with E-state index in [1.165, 1.54) is 23.9 Å². The van der Waals surface area contributed by atoms with Gasteiger partial charge in [0, 0.05) is 11.6 Å². The molecule has 0 aliphatic carbocycles. The minimum atomic E-state index is -0.318. The molecule has 0 fully saturated rings. The van der Waals surface area contributed by atoms with E-state index in [9.17, 15) is 14.0 Å². The first-order chi connectivity index (χ1) is 18.4. The van der Waals surface area contributed by atoms with Crippen LogP contribution in [0.1, 0.15) is 42.2 Å².